The number of rotatable bonds is 13. The van der Waals surface area contributed by atoms with Crippen molar-refractivity contribution in [3.8, 4) is 17.1 Å². The third-order valence-electron chi connectivity index (χ3n) is 5.06. The summed E-state index contributed by atoms with van der Waals surface area (Å²) in [5, 5.41) is 4.30. The lowest BCUT2D eigenvalue weighted by Gasteiger charge is -2.12. The van der Waals surface area contributed by atoms with E-state index in [1.54, 1.807) is 24.5 Å². The Labute approximate surface area is 212 Å². The van der Waals surface area contributed by atoms with Crippen molar-refractivity contribution in [3.05, 3.63) is 53.0 Å². The fourth-order valence-electron chi connectivity index (χ4n) is 3.17. The molecule has 0 spiro atoms. The van der Waals surface area contributed by atoms with Crippen molar-refractivity contribution in [3.63, 3.8) is 0 Å². The maximum atomic E-state index is 12.9. The average molecular weight is 534 g/mol. The van der Waals surface area contributed by atoms with E-state index in [0.29, 0.717) is 24.1 Å². The number of ketones is 2. The summed E-state index contributed by atoms with van der Waals surface area (Å²) in [6, 6.07) is 6.65. The van der Waals surface area contributed by atoms with Crippen molar-refractivity contribution in [1.82, 2.24) is 15.3 Å². The summed E-state index contributed by atoms with van der Waals surface area (Å²) in [6.45, 7) is 0.432. The van der Waals surface area contributed by atoms with Gasteiger partial charge in [0.15, 0.2) is 0 Å². The highest BCUT2D eigenvalue weighted by Gasteiger charge is 2.28. The molecular formula is C22H27N7O5S2. The largest absolute Gasteiger partial charge is 0.467 e. The summed E-state index contributed by atoms with van der Waals surface area (Å²) in [4.78, 5) is 33.3. The molecule has 0 amide bonds. The Kier molecular flexibility index (Phi) is 9.19. The Balaban J connectivity index is 1.68. The van der Waals surface area contributed by atoms with E-state index in [2.05, 4.69) is 20.0 Å². The van der Waals surface area contributed by atoms with E-state index in [1.165, 1.54) is 30.7 Å². The summed E-state index contributed by atoms with van der Waals surface area (Å²) in [5.41, 5.74) is 18.0. The smallest absolute Gasteiger partial charge is 0.316 e. The minimum absolute atomic E-state index is 0.00829. The monoisotopic (exact) mass is 533 g/mol. The van der Waals surface area contributed by atoms with Crippen molar-refractivity contribution < 1.29 is 22.7 Å². The number of anilines is 1. The third-order valence-corrected chi connectivity index (χ3v) is 7.35. The third kappa shape index (κ3) is 6.90. The number of sulfonamides is 1. The molecule has 0 aliphatic rings. The van der Waals surface area contributed by atoms with Crippen molar-refractivity contribution in [2.45, 2.75) is 30.1 Å². The molecule has 0 unspecified atom stereocenters. The van der Waals surface area contributed by atoms with Crippen molar-refractivity contribution >= 4 is 38.6 Å². The van der Waals surface area contributed by atoms with Crippen LogP contribution in [0.25, 0.3) is 11.1 Å². The molecule has 192 valence electrons. The number of benzene rings is 1. The van der Waals surface area contributed by atoms with Gasteiger partial charge in [-0.3, -0.25) is 19.6 Å². The van der Waals surface area contributed by atoms with Crippen LogP contribution in [0.3, 0.4) is 0 Å². The summed E-state index contributed by atoms with van der Waals surface area (Å²) in [7, 11) is -2.59. The predicted molar refractivity (Wildman–Crippen MR) is 136 cm³/mol. The lowest BCUT2D eigenvalue weighted by atomic mass is 10.0. The van der Waals surface area contributed by atoms with Crippen molar-refractivity contribution in [2.24, 2.45) is 17.2 Å². The zero-order chi connectivity index (χ0) is 26.3. The van der Waals surface area contributed by atoms with Gasteiger partial charge in [-0.15, -0.1) is 11.3 Å². The fraction of sp³-hybridized carbons (Fsp3) is 0.273. The van der Waals surface area contributed by atoms with Crippen LogP contribution in [-0.4, -0.2) is 55.9 Å². The van der Waals surface area contributed by atoms with Gasteiger partial charge in [0, 0.05) is 18.0 Å². The highest BCUT2D eigenvalue weighted by molar-refractivity contribution is 7.92. The SMILES string of the molecule is COc1ncc(-c2ccc(S(=O)(=O)Nc3ccsc3C(=O)C(=O)[C@@H](N)CCCNC(N)N)cc2)cn1. The Morgan fingerprint density at radius 2 is 1.72 bits per heavy atom. The molecule has 8 N–H and O–H groups in total. The number of aromatic nitrogens is 2. The first-order chi connectivity index (χ1) is 17.1. The first kappa shape index (κ1) is 27.3. The van der Waals surface area contributed by atoms with E-state index in [4.69, 9.17) is 21.9 Å². The maximum Gasteiger partial charge on any atom is 0.316 e. The molecule has 0 saturated heterocycles. The molecule has 12 nitrogen and oxygen atoms in total. The quantitative estimate of drug-likeness (QED) is 0.0893. The van der Waals surface area contributed by atoms with Crippen LogP contribution in [0.1, 0.15) is 22.5 Å². The van der Waals surface area contributed by atoms with E-state index in [9.17, 15) is 18.0 Å². The minimum atomic E-state index is -4.04. The number of nitrogens with two attached hydrogens (primary N) is 3. The van der Waals surface area contributed by atoms with Crippen LogP contribution in [-0.2, 0) is 14.8 Å². The van der Waals surface area contributed by atoms with E-state index in [0.717, 1.165) is 11.3 Å². The van der Waals surface area contributed by atoms with Crippen LogP contribution in [0.4, 0.5) is 5.69 Å². The second-order valence-corrected chi connectivity index (χ2v) is 10.3. The van der Waals surface area contributed by atoms with Gasteiger partial charge in [0.1, 0.15) is 11.2 Å². The van der Waals surface area contributed by atoms with Gasteiger partial charge in [-0.2, -0.15) is 0 Å². The number of thiophene rings is 1. The van der Waals surface area contributed by atoms with Gasteiger partial charge in [0.2, 0.25) is 11.6 Å². The van der Waals surface area contributed by atoms with Gasteiger partial charge in [-0.25, -0.2) is 18.4 Å². The number of methoxy groups -OCH3 is 1. The van der Waals surface area contributed by atoms with Gasteiger partial charge in [-0.05, 0) is 48.5 Å². The summed E-state index contributed by atoms with van der Waals surface area (Å²) >= 11 is 0.952. The van der Waals surface area contributed by atoms with Gasteiger partial charge < -0.3 is 21.9 Å². The molecule has 0 saturated carbocycles. The van der Waals surface area contributed by atoms with Crippen LogP contribution >= 0.6 is 11.3 Å². The van der Waals surface area contributed by atoms with Crippen LogP contribution in [0.5, 0.6) is 6.01 Å². The predicted octanol–water partition coefficient (Wildman–Crippen LogP) is 0.664. The number of carbonyl (C=O) groups is 2. The standard InChI is InChI=1S/C22H27N7O5S2/c1-34-22-27-11-14(12-28-22)13-4-6-15(7-5-13)36(32,33)29-17-8-10-35-20(17)19(31)18(30)16(23)3-2-9-26-21(24)25/h4-8,10-12,16,21,26,29H,2-3,9,23-25H2,1H3/t16-/m0/s1. The van der Waals surface area contributed by atoms with E-state index in [1.807, 2.05) is 0 Å². The first-order valence-electron chi connectivity index (χ1n) is 10.8. The van der Waals surface area contributed by atoms with Crippen molar-refractivity contribution in [1.29, 1.82) is 0 Å². The molecule has 1 atom stereocenters. The molecule has 0 aliphatic heterocycles. The summed E-state index contributed by atoms with van der Waals surface area (Å²) < 4.78 is 33.2. The second kappa shape index (κ2) is 12.1. The molecule has 2 heterocycles. The van der Waals surface area contributed by atoms with Crippen LogP contribution in [0.2, 0.25) is 0 Å². The van der Waals surface area contributed by atoms with E-state index < -0.39 is 33.9 Å². The van der Waals surface area contributed by atoms with Gasteiger partial charge >= 0.3 is 6.01 Å². The molecule has 3 aromatic rings. The fourth-order valence-corrected chi connectivity index (χ4v) is 5.10. The molecule has 14 heteroatoms. The number of nitrogens with zero attached hydrogens (tertiary/aromatic N) is 2. The topological polar surface area (TPSA) is 205 Å². The molecule has 3 rings (SSSR count). The zero-order valence-corrected chi connectivity index (χ0v) is 21.0. The molecule has 0 fully saturated rings. The first-order valence-corrected chi connectivity index (χ1v) is 13.1. The molecule has 36 heavy (non-hydrogen) atoms. The van der Waals surface area contributed by atoms with Gasteiger partial charge in [0.25, 0.3) is 10.0 Å². The Bertz CT molecular complexity index is 1290. The van der Waals surface area contributed by atoms with E-state index >= 15 is 0 Å². The number of hydrogen-bond acceptors (Lipinski definition) is 12. The van der Waals surface area contributed by atoms with Crippen LogP contribution in [0.15, 0.2) is 53.0 Å². The van der Waals surface area contributed by atoms with Crippen LogP contribution < -0.4 is 32.0 Å². The molecule has 0 bridgehead atoms. The van der Waals surface area contributed by atoms with Crippen LogP contribution in [0, 0.1) is 0 Å². The number of nitrogens with one attached hydrogen (secondary N) is 2. The van der Waals surface area contributed by atoms with Gasteiger partial charge in [0.05, 0.1) is 23.7 Å². The van der Waals surface area contributed by atoms with Gasteiger partial charge in [-0.1, -0.05) is 12.1 Å². The summed E-state index contributed by atoms with van der Waals surface area (Å²) in [5.74, 6) is -1.66. The number of Topliss-reactive ketones (excluding diaryl/α,β-unsaturated/α-hetero) is 2. The molecule has 2 aromatic heterocycles. The lowest BCUT2D eigenvalue weighted by molar-refractivity contribution is -0.116. The molecule has 1 aromatic carbocycles. The minimum Gasteiger partial charge on any atom is -0.467 e. The Morgan fingerprint density at radius 3 is 2.33 bits per heavy atom. The normalized spacial score (nSPS) is 12.4. The highest BCUT2D eigenvalue weighted by Crippen LogP contribution is 2.27. The Hall–Kier alpha value is -3.27. The molecule has 0 aliphatic carbocycles. The number of ether oxygens (including phenoxy) is 1. The van der Waals surface area contributed by atoms with Crippen molar-refractivity contribution in [2.75, 3.05) is 18.4 Å². The highest BCUT2D eigenvalue weighted by atomic mass is 32.2. The number of hydrogen-bond donors (Lipinski definition) is 5. The Morgan fingerprint density at radius 1 is 1.06 bits per heavy atom. The number of carbonyl (C=O) groups excluding carboxylic acids is 2. The molecular weight excluding hydrogens is 506 g/mol. The zero-order valence-electron chi connectivity index (χ0n) is 19.4. The summed E-state index contributed by atoms with van der Waals surface area (Å²) in [6.07, 6.45) is 3.15. The lowest BCUT2D eigenvalue weighted by Crippen LogP contribution is -2.46. The maximum absolute atomic E-state index is 12.9. The second-order valence-electron chi connectivity index (χ2n) is 7.67. The van der Waals surface area contributed by atoms with E-state index in [-0.39, 0.29) is 27.9 Å². The average Bonchev–Trinajstić information content (AvgIpc) is 3.33. The molecule has 0 radical (unpaired) electrons.